The normalized spacial score (nSPS) is 19.3. The largest absolute Gasteiger partial charge is 0.497 e. The van der Waals surface area contributed by atoms with Gasteiger partial charge in [-0.2, -0.15) is 0 Å². The summed E-state index contributed by atoms with van der Waals surface area (Å²) in [6.45, 7) is 3.74. The van der Waals surface area contributed by atoms with Crippen LogP contribution >= 0.6 is 0 Å². The maximum Gasteiger partial charge on any atom is 0.319 e. The van der Waals surface area contributed by atoms with E-state index < -0.39 is 29.6 Å². The molecule has 140 valence electrons. The van der Waals surface area contributed by atoms with Crippen molar-refractivity contribution in [2.75, 3.05) is 18.6 Å². The van der Waals surface area contributed by atoms with Gasteiger partial charge in [0.1, 0.15) is 11.7 Å². The third-order valence-electron chi connectivity index (χ3n) is 4.62. The average Bonchev–Trinajstić information content (AvgIpc) is 2.94. The molecule has 0 N–H and O–H groups in total. The number of hydrogen-bond donors (Lipinski definition) is 0. The van der Waals surface area contributed by atoms with E-state index in [0.717, 1.165) is 5.56 Å². The van der Waals surface area contributed by atoms with Gasteiger partial charge in [0.15, 0.2) is 0 Å². The minimum atomic E-state index is -1.20. The van der Waals surface area contributed by atoms with E-state index in [9.17, 15) is 14.4 Å². The lowest BCUT2D eigenvalue weighted by Gasteiger charge is -2.27. The van der Waals surface area contributed by atoms with E-state index in [2.05, 4.69) is 0 Å². The highest BCUT2D eigenvalue weighted by Gasteiger charge is 2.53. The van der Waals surface area contributed by atoms with E-state index in [1.807, 2.05) is 19.1 Å². The van der Waals surface area contributed by atoms with Crippen molar-refractivity contribution in [1.29, 1.82) is 0 Å². The smallest absolute Gasteiger partial charge is 0.319 e. The number of nitrogens with zero attached hydrogens (tertiary/aromatic N) is 1. The molecule has 6 nitrogen and oxygen atoms in total. The van der Waals surface area contributed by atoms with Crippen molar-refractivity contribution in [3.05, 3.63) is 59.7 Å². The topological polar surface area (TPSA) is 72.9 Å². The Hall–Kier alpha value is -3.15. The highest BCUT2D eigenvalue weighted by molar-refractivity contribution is 6.47. The lowest BCUT2D eigenvalue weighted by atomic mass is 9.92. The van der Waals surface area contributed by atoms with Crippen LogP contribution in [0.4, 0.5) is 5.69 Å². The number of carbonyl (C=O) groups excluding carboxylic acids is 3. The van der Waals surface area contributed by atoms with Crippen LogP contribution in [0, 0.1) is 12.8 Å². The summed E-state index contributed by atoms with van der Waals surface area (Å²) < 4.78 is 10.3. The highest BCUT2D eigenvalue weighted by atomic mass is 16.5. The molecule has 2 atom stereocenters. The van der Waals surface area contributed by atoms with Crippen LogP contribution in [-0.2, 0) is 19.1 Å². The summed E-state index contributed by atoms with van der Waals surface area (Å²) in [4.78, 5) is 39.3. The fraction of sp³-hybridized carbons (Fsp3) is 0.286. The molecule has 0 unspecified atom stereocenters. The number of carbonyl (C=O) groups is 3. The predicted octanol–water partition coefficient (Wildman–Crippen LogP) is 2.84. The molecule has 0 bridgehead atoms. The van der Waals surface area contributed by atoms with Crippen LogP contribution in [0.3, 0.4) is 0 Å². The van der Waals surface area contributed by atoms with Crippen molar-refractivity contribution in [3.63, 3.8) is 0 Å². The summed E-state index contributed by atoms with van der Waals surface area (Å²) in [5.74, 6) is -2.71. The van der Waals surface area contributed by atoms with E-state index >= 15 is 0 Å². The molecule has 0 radical (unpaired) electrons. The SMILES string of the molecule is CCOC(=O)[C@@H]1C(=O)C(=O)N(c2ccc(C)cc2)[C@@H]1c1ccc(OC)cc1. The van der Waals surface area contributed by atoms with E-state index in [1.54, 1.807) is 50.4 Å². The Morgan fingerprint density at radius 1 is 1.04 bits per heavy atom. The van der Waals surface area contributed by atoms with Gasteiger partial charge in [-0.05, 0) is 43.7 Å². The summed E-state index contributed by atoms with van der Waals surface area (Å²) in [7, 11) is 1.55. The molecule has 27 heavy (non-hydrogen) atoms. The summed E-state index contributed by atoms with van der Waals surface area (Å²) in [5.41, 5.74) is 2.25. The fourth-order valence-electron chi connectivity index (χ4n) is 3.26. The van der Waals surface area contributed by atoms with E-state index in [4.69, 9.17) is 9.47 Å². The molecule has 1 aliphatic heterocycles. The zero-order chi connectivity index (χ0) is 19.6. The van der Waals surface area contributed by atoms with Crippen LogP contribution in [0.5, 0.6) is 5.75 Å². The van der Waals surface area contributed by atoms with E-state index in [-0.39, 0.29) is 6.61 Å². The Labute approximate surface area is 157 Å². The zero-order valence-corrected chi connectivity index (χ0v) is 15.5. The molecule has 0 spiro atoms. The van der Waals surface area contributed by atoms with E-state index in [1.165, 1.54) is 4.90 Å². The molecule has 1 heterocycles. The molecule has 0 aliphatic carbocycles. The molecule has 1 aliphatic rings. The highest BCUT2D eigenvalue weighted by Crippen LogP contribution is 2.40. The zero-order valence-electron chi connectivity index (χ0n) is 15.5. The Balaban J connectivity index is 2.10. The number of Topliss-reactive ketones (excluding diaryl/α,β-unsaturated/α-hetero) is 1. The standard InChI is InChI=1S/C21H21NO5/c1-4-27-21(25)17-18(14-7-11-16(26-3)12-8-14)22(20(24)19(17)23)15-9-5-13(2)6-10-15/h5-12,17-18H,4H2,1-3H3/t17-,18+/m0/s1. The van der Waals surface area contributed by atoms with Crippen LogP contribution in [0.15, 0.2) is 48.5 Å². The molecule has 6 heteroatoms. The fourth-order valence-corrected chi connectivity index (χ4v) is 3.26. The Kier molecular flexibility index (Phi) is 5.26. The van der Waals surface area contributed by atoms with Crippen molar-refractivity contribution in [1.82, 2.24) is 0 Å². The number of amides is 1. The van der Waals surface area contributed by atoms with Crippen molar-refractivity contribution in [3.8, 4) is 5.75 Å². The Morgan fingerprint density at radius 3 is 2.22 bits per heavy atom. The van der Waals surface area contributed by atoms with Gasteiger partial charge in [0.25, 0.3) is 5.91 Å². The number of hydrogen-bond acceptors (Lipinski definition) is 5. The van der Waals surface area contributed by atoms with Gasteiger partial charge in [0, 0.05) is 5.69 Å². The first-order valence-corrected chi connectivity index (χ1v) is 8.72. The van der Waals surface area contributed by atoms with Gasteiger partial charge in [-0.1, -0.05) is 29.8 Å². The van der Waals surface area contributed by atoms with Gasteiger partial charge >= 0.3 is 5.97 Å². The van der Waals surface area contributed by atoms with Gasteiger partial charge in [-0.3, -0.25) is 19.3 Å². The average molecular weight is 367 g/mol. The number of ether oxygens (including phenoxy) is 2. The molecular formula is C21H21NO5. The number of anilines is 1. The van der Waals surface area contributed by atoms with Crippen LogP contribution in [0.2, 0.25) is 0 Å². The summed E-state index contributed by atoms with van der Waals surface area (Å²) in [6.07, 6.45) is 0. The second kappa shape index (κ2) is 7.61. The maximum absolute atomic E-state index is 12.8. The third-order valence-corrected chi connectivity index (χ3v) is 4.62. The van der Waals surface area contributed by atoms with Crippen molar-refractivity contribution >= 4 is 23.3 Å². The monoisotopic (exact) mass is 367 g/mol. The lowest BCUT2D eigenvalue weighted by Crippen LogP contribution is -2.31. The molecule has 2 aromatic rings. The second-order valence-electron chi connectivity index (χ2n) is 6.32. The van der Waals surface area contributed by atoms with Gasteiger partial charge in [0.2, 0.25) is 5.78 Å². The minimum absolute atomic E-state index is 0.136. The van der Waals surface area contributed by atoms with Gasteiger partial charge < -0.3 is 9.47 Å². The summed E-state index contributed by atoms with van der Waals surface area (Å²) in [5, 5.41) is 0. The number of benzene rings is 2. The van der Waals surface area contributed by atoms with Crippen LogP contribution in [0.1, 0.15) is 24.1 Å². The minimum Gasteiger partial charge on any atom is -0.497 e. The van der Waals surface area contributed by atoms with Gasteiger partial charge in [0.05, 0.1) is 19.8 Å². The summed E-state index contributed by atoms with van der Waals surface area (Å²) in [6, 6.07) is 13.5. The first-order chi connectivity index (χ1) is 13.0. The maximum atomic E-state index is 12.8. The lowest BCUT2D eigenvalue weighted by molar-refractivity contribution is -0.152. The molecular weight excluding hydrogens is 346 g/mol. The summed E-state index contributed by atoms with van der Waals surface area (Å²) >= 11 is 0. The number of rotatable bonds is 5. The Morgan fingerprint density at radius 2 is 1.67 bits per heavy atom. The van der Waals surface area contributed by atoms with Crippen LogP contribution < -0.4 is 9.64 Å². The molecule has 1 fully saturated rings. The molecule has 1 saturated heterocycles. The van der Waals surface area contributed by atoms with Crippen LogP contribution in [0.25, 0.3) is 0 Å². The van der Waals surface area contributed by atoms with Crippen molar-refractivity contribution < 1.29 is 23.9 Å². The first kappa shape index (κ1) is 18.6. The second-order valence-corrected chi connectivity index (χ2v) is 6.32. The molecule has 0 aromatic heterocycles. The Bertz CT molecular complexity index is 857. The van der Waals surface area contributed by atoms with E-state index in [0.29, 0.717) is 17.0 Å². The number of methoxy groups -OCH3 is 1. The first-order valence-electron chi connectivity index (χ1n) is 8.72. The van der Waals surface area contributed by atoms with Crippen molar-refractivity contribution in [2.45, 2.75) is 19.9 Å². The van der Waals surface area contributed by atoms with Gasteiger partial charge in [-0.15, -0.1) is 0 Å². The number of aryl methyl sites for hydroxylation is 1. The van der Waals surface area contributed by atoms with Crippen molar-refractivity contribution in [2.24, 2.45) is 5.92 Å². The van der Waals surface area contributed by atoms with Gasteiger partial charge in [-0.25, -0.2) is 0 Å². The third kappa shape index (κ3) is 3.43. The predicted molar refractivity (Wildman–Crippen MR) is 99.5 cm³/mol. The quantitative estimate of drug-likeness (QED) is 0.462. The molecule has 1 amide bonds. The number of esters is 1. The molecule has 3 rings (SSSR count). The molecule has 0 saturated carbocycles. The number of ketones is 1. The van der Waals surface area contributed by atoms with Crippen LogP contribution in [-0.4, -0.2) is 31.4 Å². The molecule has 2 aromatic carbocycles.